The van der Waals surface area contributed by atoms with E-state index in [9.17, 15) is 13.6 Å². The summed E-state index contributed by atoms with van der Waals surface area (Å²) in [6.07, 6.45) is 2.18. The van der Waals surface area contributed by atoms with Crippen molar-refractivity contribution in [1.29, 1.82) is 0 Å². The van der Waals surface area contributed by atoms with Gasteiger partial charge in [-0.25, -0.2) is 8.78 Å². The molecule has 1 saturated heterocycles. The van der Waals surface area contributed by atoms with Gasteiger partial charge in [-0.3, -0.25) is 4.79 Å². The molecule has 1 amide bonds. The molecule has 0 bridgehead atoms. The van der Waals surface area contributed by atoms with E-state index in [1.807, 2.05) is 19.9 Å². The molecule has 0 aliphatic carbocycles. The molecule has 0 unspecified atom stereocenters. The number of benzene rings is 2. The van der Waals surface area contributed by atoms with Crippen LogP contribution >= 0.6 is 0 Å². The molecule has 158 valence electrons. The minimum absolute atomic E-state index is 0.0483. The largest absolute Gasteiger partial charge is 0.371 e. The second-order valence-electron chi connectivity index (χ2n) is 6.83. The van der Waals surface area contributed by atoms with Gasteiger partial charge >= 0.3 is 0 Å². The zero-order valence-electron chi connectivity index (χ0n) is 17.3. The van der Waals surface area contributed by atoms with Gasteiger partial charge in [0.2, 0.25) is 5.91 Å². The molecule has 29 heavy (non-hydrogen) atoms. The highest BCUT2D eigenvalue weighted by atomic mass is 19.2. The summed E-state index contributed by atoms with van der Waals surface area (Å²) in [5.74, 6) is -2.02. The van der Waals surface area contributed by atoms with Crippen molar-refractivity contribution in [3.05, 3.63) is 65.7 Å². The number of halogens is 2. The maximum atomic E-state index is 13.2. The number of nitrogens with zero attached hydrogens (tertiary/aromatic N) is 1. The number of amides is 1. The first kappa shape index (κ1) is 22.8. The molecule has 0 radical (unpaired) electrons. The highest BCUT2D eigenvalue weighted by molar-refractivity contribution is 5.78. The summed E-state index contributed by atoms with van der Waals surface area (Å²) >= 11 is 0. The van der Waals surface area contributed by atoms with Crippen molar-refractivity contribution in [2.75, 3.05) is 31.1 Å². The van der Waals surface area contributed by atoms with E-state index in [1.54, 1.807) is 0 Å². The maximum Gasteiger partial charge on any atom is 0.224 e. The molecule has 0 spiro atoms. The Kier molecular flexibility index (Phi) is 9.57. The first-order chi connectivity index (χ1) is 14.1. The Labute approximate surface area is 172 Å². The number of hydrogen-bond acceptors (Lipinski definition) is 3. The summed E-state index contributed by atoms with van der Waals surface area (Å²) in [4.78, 5) is 14.3. The number of nitrogens with one attached hydrogen (secondary N) is 2. The van der Waals surface area contributed by atoms with Crippen LogP contribution in [0.2, 0.25) is 0 Å². The van der Waals surface area contributed by atoms with Gasteiger partial charge in [-0.2, -0.15) is 0 Å². The number of piperidine rings is 1. The lowest BCUT2D eigenvalue weighted by Crippen LogP contribution is -2.44. The summed E-state index contributed by atoms with van der Waals surface area (Å²) < 4.78 is 26.1. The van der Waals surface area contributed by atoms with Crippen molar-refractivity contribution in [3.8, 4) is 0 Å². The van der Waals surface area contributed by atoms with Crippen molar-refractivity contribution in [1.82, 2.24) is 10.6 Å². The first-order valence-corrected chi connectivity index (χ1v) is 10.4. The number of rotatable bonds is 7. The van der Waals surface area contributed by atoms with Crippen LogP contribution in [0.1, 0.15) is 32.3 Å². The second-order valence-corrected chi connectivity index (χ2v) is 6.83. The zero-order chi connectivity index (χ0) is 21.1. The molecule has 6 heteroatoms. The average molecular weight is 404 g/mol. The van der Waals surface area contributed by atoms with E-state index in [1.165, 1.54) is 11.8 Å². The van der Waals surface area contributed by atoms with E-state index >= 15 is 0 Å². The molecule has 2 aromatic carbocycles. The molecule has 2 aromatic rings. The number of carbonyl (C=O) groups excluding carboxylic acids is 1. The highest BCUT2D eigenvalue weighted by Gasteiger charge is 2.18. The smallest absolute Gasteiger partial charge is 0.224 e. The van der Waals surface area contributed by atoms with Gasteiger partial charge < -0.3 is 15.5 Å². The standard InChI is InChI=1S/C21H25F2N3O.C2H6/c22-19-7-6-16(14-20(19)23)15-21(27)25-11-10-24-17-8-12-26(13-9-17)18-4-2-1-3-5-18;1-2/h1-7,14,17,24H,8-13,15H2,(H,25,27);1-2H3. The molecular formula is C23H31F2N3O. The molecule has 1 aliphatic heterocycles. The van der Waals surface area contributed by atoms with Crippen molar-refractivity contribution in [2.45, 2.75) is 39.2 Å². The Morgan fingerprint density at radius 2 is 1.69 bits per heavy atom. The molecular weight excluding hydrogens is 372 g/mol. The van der Waals surface area contributed by atoms with Gasteiger partial charge in [0.25, 0.3) is 0 Å². The van der Waals surface area contributed by atoms with Crippen LogP contribution in [-0.2, 0) is 11.2 Å². The van der Waals surface area contributed by atoms with Gasteiger partial charge in [0, 0.05) is 37.9 Å². The zero-order valence-corrected chi connectivity index (χ0v) is 17.3. The summed E-state index contributed by atoms with van der Waals surface area (Å²) in [7, 11) is 0. The fraction of sp³-hybridized carbons (Fsp3) is 0.435. The molecule has 0 saturated carbocycles. The molecule has 2 N–H and O–H groups in total. The minimum Gasteiger partial charge on any atom is -0.371 e. The number of carbonyl (C=O) groups is 1. The molecule has 1 fully saturated rings. The van der Waals surface area contributed by atoms with Gasteiger partial charge in [-0.05, 0) is 42.7 Å². The fourth-order valence-corrected chi connectivity index (χ4v) is 3.36. The molecule has 3 rings (SSSR count). The third-order valence-corrected chi connectivity index (χ3v) is 4.85. The molecule has 0 atom stereocenters. The summed E-state index contributed by atoms with van der Waals surface area (Å²) in [6.45, 7) is 7.25. The van der Waals surface area contributed by atoms with Crippen LogP contribution in [0, 0.1) is 11.6 Å². The second kappa shape index (κ2) is 12.2. The Morgan fingerprint density at radius 3 is 2.34 bits per heavy atom. The predicted octanol–water partition coefficient (Wildman–Crippen LogP) is 3.91. The quantitative estimate of drug-likeness (QED) is 0.689. The third-order valence-electron chi connectivity index (χ3n) is 4.85. The molecule has 1 aliphatic rings. The first-order valence-electron chi connectivity index (χ1n) is 10.4. The van der Waals surface area contributed by atoms with Crippen LogP contribution < -0.4 is 15.5 Å². The van der Waals surface area contributed by atoms with Gasteiger partial charge in [0.05, 0.1) is 6.42 Å². The normalized spacial score (nSPS) is 14.1. The topological polar surface area (TPSA) is 44.4 Å². The van der Waals surface area contributed by atoms with Gasteiger partial charge in [-0.1, -0.05) is 38.1 Å². The van der Waals surface area contributed by atoms with Crippen LogP contribution in [0.25, 0.3) is 0 Å². The average Bonchev–Trinajstić information content (AvgIpc) is 2.76. The maximum absolute atomic E-state index is 13.2. The summed E-state index contributed by atoms with van der Waals surface area (Å²) in [5.41, 5.74) is 1.73. The molecule has 4 nitrogen and oxygen atoms in total. The fourth-order valence-electron chi connectivity index (χ4n) is 3.36. The van der Waals surface area contributed by atoms with Crippen LogP contribution in [0.5, 0.6) is 0 Å². The summed E-state index contributed by atoms with van der Waals surface area (Å²) in [6, 6.07) is 14.4. The Morgan fingerprint density at radius 1 is 1.00 bits per heavy atom. The lowest BCUT2D eigenvalue weighted by atomic mass is 10.0. The van der Waals surface area contributed by atoms with Crippen molar-refractivity contribution in [3.63, 3.8) is 0 Å². The van der Waals surface area contributed by atoms with E-state index in [4.69, 9.17) is 0 Å². The monoisotopic (exact) mass is 403 g/mol. The Bertz CT molecular complexity index is 747. The Hall–Kier alpha value is -2.47. The molecule has 1 heterocycles. The van der Waals surface area contributed by atoms with E-state index in [0.717, 1.165) is 38.1 Å². The van der Waals surface area contributed by atoms with Gasteiger partial charge in [0.15, 0.2) is 11.6 Å². The van der Waals surface area contributed by atoms with Crippen LogP contribution in [-0.4, -0.2) is 38.1 Å². The van der Waals surface area contributed by atoms with Crippen LogP contribution in [0.4, 0.5) is 14.5 Å². The van der Waals surface area contributed by atoms with E-state index in [2.05, 4.69) is 39.8 Å². The minimum atomic E-state index is -0.927. The van der Waals surface area contributed by atoms with E-state index in [0.29, 0.717) is 24.7 Å². The summed E-state index contributed by atoms with van der Waals surface area (Å²) in [5, 5.41) is 6.29. The van der Waals surface area contributed by atoms with Gasteiger partial charge in [0.1, 0.15) is 0 Å². The SMILES string of the molecule is CC.O=C(Cc1ccc(F)c(F)c1)NCCNC1CCN(c2ccccc2)CC1. The third kappa shape index (κ3) is 7.46. The predicted molar refractivity (Wildman–Crippen MR) is 114 cm³/mol. The van der Waals surface area contributed by atoms with Gasteiger partial charge in [-0.15, -0.1) is 0 Å². The van der Waals surface area contributed by atoms with E-state index < -0.39 is 11.6 Å². The van der Waals surface area contributed by atoms with E-state index in [-0.39, 0.29) is 12.3 Å². The highest BCUT2D eigenvalue weighted by Crippen LogP contribution is 2.19. The van der Waals surface area contributed by atoms with Crippen molar-refractivity contribution >= 4 is 11.6 Å². The van der Waals surface area contributed by atoms with Crippen LogP contribution in [0.3, 0.4) is 0 Å². The van der Waals surface area contributed by atoms with Crippen molar-refractivity contribution < 1.29 is 13.6 Å². The molecule has 0 aromatic heterocycles. The lowest BCUT2D eigenvalue weighted by molar-refractivity contribution is -0.120. The number of anilines is 1. The Balaban J connectivity index is 0.00000145. The number of hydrogen-bond donors (Lipinski definition) is 2. The lowest BCUT2D eigenvalue weighted by Gasteiger charge is -2.34. The number of para-hydroxylation sites is 1. The van der Waals surface area contributed by atoms with Crippen LogP contribution in [0.15, 0.2) is 48.5 Å². The van der Waals surface area contributed by atoms with Crippen molar-refractivity contribution in [2.24, 2.45) is 0 Å².